The van der Waals surface area contributed by atoms with E-state index in [4.69, 9.17) is 10.5 Å². The average Bonchev–Trinajstić information content (AvgIpc) is 3.18. The fraction of sp³-hybridized carbons (Fsp3) is 0.167. The average molecular weight is 501 g/mol. The molecule has 4 rings (SSSR count). The van der Waals surface area contributed by atoms with Gasteiger partial charge >= 0.3 is 0 Å². The number of methoxy groups -OCH3 is 1. The van der Waals surface area contributed by atoms with Gasteiger partial charge in [-0.15, -0.1) is 11.3 Å². The molecule has 0 radical (unpaired) electrons. The van der Waals surface area contributed by atoms with Gasteiger partial charge in [0.05, 0.1) is 35.0 Å². The Hall–Kier alpha value is -2.45. The number of aliphatic hydroxyl groups is 1. The van der Waals surface area contributed by atoms with Crippen LogP contribution in [0.3, 0.4) is 0 Å². The second-order valence-corrected chi connectivity index (χ2v) is 9.01. The smallest absolute Gasteiger partial charge is 0.141 e. The van der Waals surface area contributed by atoms with Crippen molar-refractivity contribution in [1.29, 1.82) is 0 Å². The van der Waals surface area contributed by atoms with E-state index in [1.165, 1.54) is 17.4 Å². The summed E-state index contributed by atoms with van der Waals surface area (Å²) in [6, 6.07) is 20.6. The fourth-order valence-corrected chi connectivity index (χ4v) is 5.19. The maximum atomic E-state index is 14.8. The topological polar surface area (TPSA) is 58.7 Å². The zero-order valence-corrected chi connectivity index (χ0v) is 19.3. The molecule has 3 aromatic carbocycles. The normalized spacial score (nSPS) is 12.2. The second kappa shape index (κ2) is 9.36. The Morgan fingerprint density at radius 3 is 2.61 bits per heavy atom. The molecule has 4 nitrogen and oxygen atoms in total. The summed E-state index contributed by atoms with van der Waals surface area (Å²) >= 11 is 4.91. The number of aliphatic hydroxyl groups excluding tert-OH is 1. The Labute approximate surface area is 192 Å². The molecule has 0 aliphatic rings. The lowest BCUT2D eigenvalue weighted by atomic mass is 10.1. The molecule has 1 unspecified atom stereocenters. The summed E-state index contributed by atoms with van der Waals surface area (Å²) in [6.07, 6.45) is -0.749. The van der Waals surface area contributed by atoms with E-state index in [0.29, 0.717) is 10.4 Å². The van der Waals surface area contributed by atoms with Crippen LogP contribution in [0.1, 0.15) is 0 Å². The van der Waals surface area contributed by atoms with Crippen molar-refractivity contribution < 1.29 is 14.2 Å². The van der Waals surface area contributed by atoms with Gasteiger partial charge in [0.1, 0.15) is 11.6 Å². The minimum atomic E-state index is -0.749. The number of benzene rings is 3. The lowest BCUT2D eigenvalue weighted by Gasteiger charge is -2.28. The van der Waals surface area contributed by atoms with Crippen molar-refractivity contribution in [3.05, 3.63) is 77.0 Å². The molecule has 0 bridgehead atoms. The number of hydrogen-bond donors (Lipinski definition) is 2. The largest absolute Gasteiger partial charge is 0.496 e. The van der Waals surface area contributed by atoms with Crippen LogP contribution in [0.25, 0.3) is 20.5 Å². The highest BCUT2D eigenvalue weighted by Gasteiger charge is 2.25. The first kappa shape index (κ1) is 21.8. The van der Waals surface area contributed by atoms with Crippen LogP contribution in [0.2, 0.25) is 0 Å². The number of rotatable bonds is 7. The van der Waals surface area contributed by atoms with Crippen LogP contribution in [0.5, 0.6) is 5.75 Å². The highest BCUT2D eigenvalue weighted by atomic mass is 79.9. The molecule has 0 saturated carbocycles. The fourth-order valence-electron chi connectivity index (χ4n) is 3.60. The first-order valence-corrected chi connectivity index (χ1v) is 11.4. The molecule has 0 amide bonds. The Kier molecular flexibility index (Phi) is 6.57. The highest BCUT2D eigenvalue weighted by molar-refractivity contribution is 9.10. The van der Waals surface area contributed by atoms with Crippen LogP contribution < -0.4 is 15.4 Å². The van der Waals surface area contributed by atoms with Crippen LogP contribution in [0.15, 0.2) is 71.2 Å². The number of fused-ring (bicyclic) bond motifs is 1. The molecule has 0 saturated heterocycles. The molecular formula is C24H22BrFN2O2S. The number of thiophene rings is 1. The van der Waals surface area contributed by atoms with Gasteiger partial charge in [0.2, 0.25) is 0 Å². The molecule has 1 atom stereocenters. The van der Waals surface area contributed by atoms with Crippen LogP contribution in [-0.2, 0) is 0 Å². The van der Waals surface area contributed by atoms with Gasteiger partial charge in [-0.05, 0) is 36.4 Å². The molecule has 0 aliphatic heterocycles. The molecule has 4 aromatic rings. The summed E-state index contributed by atoms with van der Waals surface area (Å²) in [7, 11) is 1.62. The Bertz CT molecular complexity index is 1200. The standard InChI is InChI=1S/C24H22BrFN2O2S/c1-30-21-11-10-15(25)12-19(21)24-22(18-8-5-9-20(26)23(18)31-24)28(14-17(29)13-27)16-6-3-2-4-7-16/h2-12,17,29H,13-14,27H2,1H3. The van der Waals surface area contributed by atoms with Gasteiger partial charge in [-0.1, -0.05) is 46.3 Å². The van der Waals surface area contributed by atoms with E-state index >= 15 is 0 Å². The van der Waals surface area contributed by atoms with Crippen LogP contribution >= 0.6 is 27.3 Å². The summed E-state index contributed by atoms with van der Waals surface area (Å²) in [5.74, 6) is 0.403. The number of ether oxygens (including phenoxy) is 1. The SMILES string of the molecule is COc1ccc(Br)cc1-c1sc2c(F)cccc2c1N(CC(O)CN)c1ccccc1. The first-order valence-electron chi connectivity index (χ1n) is 9.79. The maximum absolute atomic E-state index is 14.8. The minimum absolute atomic E-state index is 0.120. The van der Waals surface area contributed by atoms with Crippen molar-refractivity contribution in [2.45, 2.75) is 6.10 Å². The number of nitrogens with two attached hydrogens (primary N) is 1. The third-order valence-corrected chi connectivity index (χ3v) is 6.78. The lowest BCUT2D eigenvalue weighted by molar-refractivity contribution is 0.191. The Balaban J connectivity index is 2.05. The minimum Gasteiger partial charge on any atom is -0.496 e. The first-order chi connectivity index (χ1) is 15.0. The van der Waals surface area contributed by atoms with E-state index in [0.717, 1.165) is 31.7 Å². The predicted octanol–water partition coefficient (Wildman–Crippen LogP) is 5.94. The summed E-state index contributed by atoms with van der Waals surface area (Å²) in [4.78, 5) is 2.86. The quantitative estimate of drug-likeness (QED) is 0.329. The molecule has 0 fully saturated rings. The summed E-state index contributed by atoms with van der Waals surface area (Å²) in [5, 5.41) is 11.2. The molecule has 7 heteroatoms. The molecule has 31 heavy (non-hydrogen) atoms. The van der Waals surface area contributed by atoms with E-state index < -0.39 is 6.10 Å². The third kappa shape index (κ3) is 4.32. The summed E-state index contributed by atoms with van der Waals surface area (Å²) in [5.41, 5.74) is 8.28. The summed E-state index contributed by atoms with van der Waals surface area (Å²) in [6.45, 7) is 0.390. The van der Waals surface area contributed by atoms with Gasteiger partial charge in [-0.2, -0.15) is 0 Å². The predicted molar refractivity (Wildman–Crippen MR) is 130 cm³/mol. The van der Waals surface area contributed by atoms with Gasteiger partial charge < -0.3 is 20.5 Å². The molecular weight excluding hydrogens is 479 g/mol. The Morgan fingerprint density at radius 1 is 1.13 bits per heavy atom. The van der Waals surface area contributed by atoms with Crippen LogP contribution in [-0.4, -0.2) is 31.4 Å². The zero-order valence-electron chi connectivity index (χ0n) is 16.9. The molecule has 0 spiro atoms. The van der Waals surface area contributed by atoms with Crippen LogP contribution in [0.4, 0.5) is 15.8 Å². The maximum Gasteiger partial charge on any atom is 0.141 e. The van der Waals surface area contributed by atoms with E-state index in [1.54, 1.807) is 13.2 Å². The Morgan fingerprint density at radius 2 is 1.90 bits per heavy atom. The third-order valence-electron chi connectivity index (χ3n) is 5.05. The second-order valence-electron chi connectivity index (χ2n) is 7.08. The number of hydrogen-bond acceptors (Lipinski definition) is 5. The number of nitrogens with zero attached hydrogens (tertiary/aromatic N) is 1. The number of anilines is 2. The molecule has 1 heterocycles. The lowest BCUT2D eigenvalue weighted by Crippen LogP contribution is -2.34. The summed E-state index contributed by atoms with van der Waals surface area (Å²) < 4.78 is 21.9. The number of halogens is 2. The van der Waals surface area contributed by atoms with Gasteiger partial charge in [-0.3, -0.25) is 0 Å². The van der Waals surface area contributed by atoms with Gasteiger partial charge in [0, 0.05) is 27.7 Å². The van der Waals surface area contributed by atoms with Crippen molar-refractivity contribution in [1.82, 2.24) is 0 Å². The van der Waals surface area contributed by atoms with Crippen molar-refractivity contribution in [3.63, 3.8) is 0 Å². The van der Waals surface area contributed by atoms with Gasteiger partial charge in [0.25, 0.3) is 0 Å². The van der Waals surface area contributed by atoms with E-state index in [1.807, 2.05) is 59.5 Å². The highest BCUT2D eigenvalue weighted by Crippen LogP contribution is 2.50. The zero-order chi connectivity index (χ0) is 22.0. The number of para-hydroxylation sites is 1. The van der Waals surface area contributed by atoms with Gasteiger partial charge in [-0.25, -0.2) is 4.39 Å². The molecule has 3 N–H and O–H groups in total. The van der Waals surface area contributed by atoms with E-state index in [9.17, 15) is 9.50 Å². The molecule has 1 aromatic heterocycles. The van der Waals surface area contributed by atoms with Crippen molar-refractivity contribution in [2.24, 2.45) is 5.73 Å². The molecule has 160 valence electrons. The van der Waals surface area contributed by atoms with Crippen LogP contribution in [0, 0.1) is 5.82 Å². The van der Waals surface area contributed by atoms with Crippen molar-refractivity contribution in [3.8, 4) is 16.2 Å². The van der Waals surface area contributed by atoms with E-state index in [2.05, 4.69) is 15.9 Å². The van der Waals surface area contributed by atoms with Gasteiger partial charge in [0.15, 0.2) is 0 Å². The van der Waals surface area contributed by atoms with E-state index in [-0.39, 0.29) is 18.9 Å². The van der Waals surface area contributed by atoms with Crippen molar-refractivity contribution in [2.75, 3.05) is 25.1 Å². The van der Waals surface area contributed by atoms with Crippen molar-refractivity contribution >= 4 is 48.7 Å². The monoisotopic (exact) mass is 500 g/mol. The molecule has 0 aliphatic carbocycles.